The van der Waals surface area contributed by atoms with Gasteiger partial charge in [0.15, 0.2) is 0 Å². The van der Waals surface area contributed by atoms with E-state index in [2.05, 4.69) is 4.72 Å². The predicted octanol–water partition coefficient (Wildman–Crippen LogP) is 3.10. The van der Waals surface area contributed by atoms with Gasteiger partial charge in [-0.3, -0.25) is 9.52 Å². The van der Waals surface area contributed by atoms with Gasteiger partial charge < -0.3 is 19.5 Å². The topological polar surface area (TPSA) is 143 Å². The standard InChI is InChI=1S/C30H36FN3O8S2/c1-20-17-34(21(2)19-35)30(36)16-22-15-24(32-43(37,38)26-10-5-23(31)6-11-26)7-14-28(22)42-29(20)18-33(3)44(39,40)27-12-8-25(41-4)9-13-27/h5-15,20-21,29,32,35H,16-19H2,1-4H3/t20-,21-,29+/m0/s1. The maximum atomic E-state index is 13.5. The molecule has 0 bridgehead atoms. The van der Waals surface area contributed by atoms with E-state index in [1.165, 1.54) is 53.7 Å². The van der Waals surface area contributed by atoms with Gasteiger partial charge in [0.25, 0.3) is 10.0 Å². The fourth-order valence-electron chi connectivity index (χ4n) is 4.82. The van der Waals surface area contributed by atoms with Gasteiger partial charge in [0.1, 0.15) is 23.4 Å². The Labute approximate surface area is 257 Å². The summed E-state index contributed by atoms with van der Waals surface area (Å²) in [5, 5.41) is 9.88. The van der Waals surface area contributed by atoms with Gasteiger partial charge in [-0.2, -0.15) is 4.31 Å². The first-order valence-corrected chi connectivity index (χ1v) is 16.8. The number of nitrogens with zero attached hydrogens (tertiary/aromatic N) is 2. The normalized spacial score (nSPS) is 18.4. The summed E-state index contributed by atoms with van der Waals surface area (Å²) in [6, 6.07) is 14.3. The smallest absolute Gasteiger partial charge is 0.261 e. The maximum Gasteiger partial charge on any atom is 0.261 e. The summed E-state index contributed by atoms with van der Waals surface area (Å²) in [5.74, 6) is -0.470. The summed E-state index contributed by atoms with van der Waals surface area (Å²) in [5.41, 5.74) is 0.512. The number of nitrogens with one attached hydrogen (secondary N) is 1. The number of benzene rings is 3. The third-order valence-corrected chi connectivity index (χ3v) is 10.7. The number of hydrogen-bond acceptors (Lipinski definition) is 8. The van der Waals surface area contributed by atoms with E-state index in [-0.39, 0.29) is 59.2 Å². The number of rotatable bonds is 10. The van der Waals surface area contributed by atoms with E-state index < -0.39 is 38.0 Å². The fraction of sp³-hybridized carbons (Fsp3) is 0.367. The third-order valence-electron chi connectivity index (χ3n) is 7.50. The Balaban J connectivity index is 1.67. The lowest BCUT2D eigenvalue weighted by atomic mass is 10.0. The Kier molecular flexibility index (Phi) is 10.2. The lowest BCUT2D eigenvalue weighted by Gasteiger charge is -2.33. The van der Waals surface area contributed by atoms with Gasteiger partial charge in [-0.05, 0) is 73.7 Å². The molecule has 2 N–H and O–H groups in total. The highest BCUT2D eigenvalue weighted by Crippen LogP contribution is 2.31. The van der Waals surface area contributed by atoms with E-state index >= 15 is 0 Å². The molecule has 0 saturated heterocycles. The number of methoxy groups -OCH3 is 1. The van der Waals surface area contributed by atoms with Crippen LogP contribution >= 0.6 is 0 Å². The summed E-state index contributed by atoms with van der Waals surface area (Å²) >= 11 is 0. The molecule has 0 spiro atoms. The largest absolute Gasteiger partial charge is 0.497 e. The summed E-state index contributed by atoms with van der Waals surface area (Å²) in [6.45, 7) is 3.36. The van der Waals surface area contributed by atoms with Crippen LogP contribution in [0.25, 0.3) is 0 Å². The molecule has 0 radical (unpaired) electrons. The van der Waals surface area contributed by atoms with Gasteiger partial charge >= 0.3 is 0 Å². The van der Waals surface area contributed by atoms with Gasteiger partial charge in [-0.1, -0.05) is 6.92 Å². The number of likely N-dealkylation sites (N-methyl/N-ethyl adjacent to an activating group) is 1. The molecule has 0 aromatic heterocycles. The molecule has 14 heteroatoms. The molecule has 44 heavy (non-hydrogen) atoms. The number of anilines is 1. The van der Waals surface area contributed by atoms with Gasteiger partial charge in [0.2, 0.25) is 15.9 Å². The van der Waals surface area contributed by atoms with Crippen molar-refractivity contribution < 1.29 is 40.6 Å². The number of aliphatic hydroxyl groups is 1. The van der Waals surface area contributed by atoms with Crippen molar-refractivity contribution in [2.24, 2.45) is 5.92 Å². The molecule has 0 unspecified atom stereocenters. The molecule has 0 fully saturated rings. The highest BCUT2D eigenvalue weighted by Gasteiger charge is 2.33. The molecule has 238 valence electrons. The average molecular weight is 650 g/mol. The molecule has 1 amide bonds. The van der Waals surface area contributed by atoms with Crippen LogP contribution in [0.4, 0.5) is 10.1 Å². The van der Waals surface area contributed by atoms with E-state index in [0.29, 0.717) is 11.3 Å². The van der Waals surface area contributed by atoms with Crippen molar-refractivity contribution in [2.75, 3.05) is 38.6 Å². The molecule has 3 atom stereocenters. The van der Waals surface area contributed by atoms with Crippen molar-refractivity contribution in [2.45, 2.75) is 42.2 Å². The van der Waals surface area contributed by atoms with Crippen LogP contribution in [0.3, 0.4) is 0 Å². The number of carbonyl (C=O) groups is 1. The van der Waals surface area contributed by atoms with Crippen molar-refractivity contribution in [1.82, 2.24) is 9.21 Å². The van der Waals surface area contributed by atoms with Crippen LogP contribution in [0, 0.1) is 11.7 Å². The molecule has 3 aromatic rings. The Hall–Kier alpha value is -3.72. The van der Waals surface area contributed by atoms with Crippen LogP contribution < -0.4 is 14.2 Å². The fourth-order valence-corrected chi connectivity index (χ4v) is 7.05. The second-order valence-electron chi connectivity index (χ2n) is 10.7. The second kappa shape index (κ2) is 13.5. The minimum absolute atomic E-state index is 0.0660. The number of ether oxygens (including phenoxy) is 2. The molecule has 1 aliphatic heterocycles. The summed E-state index contributed by atoms with van der Waals surface area (Å²) in [6.07, 6.45) is -0.890. The Bertz CT molecular complexity index is 1680. The van der Waals surface area contributed by atoms with Crippen LogP contribution in [0.5, 0.6) is 11.5 Å². The van der Waals surface area contributed by atoms with Crippen LogP contribution in [0.15, 0.2) is 76.5 Å². The summed E-state index contributed by atoms with van der Waals surface area (Å²) in [4.78, 5) is 14.9. The van der Waals surface area contributed by atoms with Gasteiger partial charge in [0.05, 0.1) is 42.5 Å². The first kappa shape index (κ1) is 33.2. The minimum Gasteiger partial charge on any atom is -0.497 e. The average Bonchev–Trinajstić information content (AvgIpc) is 3.04. The van der Waals surface area contributed by atoms with Crippen molar-refractivity contribution in [1.29, 1.82) is 0 Å². The van der Waals surface area contributed by atoms with Crippen LogP contribution in [0.2, 0.25) is 0 Å². The first-order chi connectivity index (χ1) is 20.7. The van der Waals surface area contributed by atoms with E-state index in [4.69, 9.17) is 9.47 Å². The molecule has 1 heterocycles. The quantitative estimate of drug-likeness (QED) is 0.341. The third kappa shape index (κ3) is 7.49. The Morgan fingerprint density at radius 2 is 1.70 bits per heavy atom. The molecule has 0 saturated carbocycles. The van der Waals surface area contributed by atoms with Crippen molar-refractivity contribution >= 4 is 31.6 Å². The van der Waals surface area contributed by atoms with E-state index in [9.17, 15) is 31.1 Å². The molecule has 3 aromatic carbocycles. The van der Waals surface area contributed by atoms with E-state index in [1.807, 2.05) is 6.92 Å². The van der Waals surface area contributed by atoms with Crippen LogP contribution in [0.1, 0.15) is 19.4 Å². The molecular weight excluding hydrogens is 613 g/mol. The van der Waals surface area contributed by atoms with Gasteiger partial charge in [0, 0.05) is 30.8 Å². The SMILES string of the molecule is COc1ccc(S(=O)(=O)N(C)C[C@H]2Oc3ccc(NS(=O)(=O)c4ccc(F)cc4)cc3CC(=O)N([C@@H](C)CO)C[C@@H]2C)cc1. The molecular formula is C30H36FN3O8S2. The maximum absolute atomic E-state index is 13.5. The number of carbonyl (C=O) groups excluding carboxylic acids is 1. The highest BCUT2D eigenvalue weighted by molar-refractivity contribution is 7.92. The van der Waals surface area contributed by atoms with Gasteiger partial charge in [-0.25, -0.2) is 21.2 Å². The van der Waals surface area contributed by atoms with Crippen molar-refractivity contribution in [3.63, 3.8) is 0 Å². The Morgan fingerprint density at radius 1 is 1.07 bits per heavy atom. The lowest BCUT2D eigenvalue weighted by molar-refractivity contribution is -0.134. The zero-order valence-electron chi connectivity index (χ0n) is 24.8. The zero-order chi connectivity index (χ0) is 32.2. The van der Waals surface area contributed by atoms with Crippen LogP contribution in [-0.4, -0.2) is 83.1 Å². The molecule has 4 rings (SSSR count). The molecule has 11 nitrogen and oxygen atoms in total. The highest BCUT2D eigenvalue weighted by atomic mass is 32.2. The summed E-state index contributed by atoms with van der Waals surface area (Å²) in [7, 11) is -5.07. The molecule has 0 aliphatic carbocycles. The number of hydrogen-bond donors (Lipinski definition) is 2. The van der Waals surface area contributed by atoms with Crippen LogP contribution in [-0.2, 0) is 31.3 Å². The number of fused-ring (bicyclic) bond motifs is 1. The second-order valence-corrected chi connectivity index (χ2v) is 14.5. The van der Waals surface area contributed by atoms with E-state index in [0.717, 1.165) is 24.3 Å². The monoisotopic (exact) mass is 649 g/mol. The zero-order valence-corrected chi connectivity index (χ0v) is 26.4. The minimum atomic E-state index is -4.07. The Morgan fingerprint density at radius 3 is 2.32 bits per heavy atom. The van der Waals surface area contributed by atoms with Crippen molar-refractivity contribution in [3.05, 3.63) is 78.1 Å². The number of halogens is 1. The van der Waals surface area contributed by atoms with Crippen molar-refractivity contribution in [3.8, 4) is 11.5 Å². The summed E-state index contributed by atoms with van der Waals surface area (Å²) < 4.78 is 81.1. The first-order valence-electron chi connectivity index (χ1n) is 13.8. The van der Waals surface area contributed by atoms with Gasteiger partial charge in [-0.15, -0.1) is 0 Å². The number of aliphatic hydroxyl groups excluding tert-OH is 1. The van der Waals surface area contributed by atoms with E-state index in [1.54, 1.807) is 19.1 Å². The number of amides is 1. The molecule has 1 aliphatic rings. The lowest BCUT2D eigenvalue weighted by Crippen LogP contribution is -2.48. The number of sulfonamides is 2. The predicted molar refractivity (Wildman–Crippen MR) is 162 cm³/mol.